The molecule has 15 heavy (non-hydrogen) atoms. The molecule has 0 heterocycles. The van der Waals surface area contributed by atoms with Gasteiger partial charge in [-0.1, -0.05) is 12.1 Å². The Morgan fingerprint density at radius 2 is 1.93 bits per heavy atom. The molecule has 1 atom stereocenters. The summed E-state index contributed by atoms with van der Waals surface area (Å²) in [5.41, 5.74) is 1.70. The first-order valence-corrected chi connectivity index (χ1v) is 5.26. The second-order valence-corrected chi connectivity index (χ2v) is 4.27. The molecule has 1 fully saturated rings. The topological polar surface area (TPSA) is 33.0 Å². The Morgan fingerprint density at radius 1 is 1.33 bits per heavy atom. The number of nitriles is 1. The lowest BCUT2D eigenvalue weighted by atomic mass is 9.90. The minimum absolute atomic E-state index is 0.173. The van der Waals surface area contributed by atoms with Crippen molar-refractivity contribution < 1.29 is 4.74 Å². The summed E-state index contributed by atoms with van der Waals surface area (Å²) in [6.45, 7) is 2.13. The molecule has 1 aromatic rings. The molecule has 1 aromatic carbocycles. The molecule has 0 aliphatic heterocycles. The number of methoxy groups -OCH3 is 1. The third-order valence-corrected chi connectivity index (χ3v) is 3.37. The molecule has 0 N–H and O–H groups in total. The van der Waals surface area contributed by atoms with Crippen molar-refractivity contribution in [3.8, 4) is 6.07 Å². The molecule has 0 spiro atoms. The van der Waals surface area contributed by atoms with Crippen LogP contribution in [0.4, 0.5) is 0 Å². The van der Waals surface area contributed by atoms with E-state index in [1.807, 2.05) is 24.3 Å². The highest BCUT2D eigenvalue weighted by molar-refractivity contribution is 5.34. The van der Waals surface area contributed by atoms with Gasteiger partial charge in [0.25, 0.3) is 0 Å². The Labute approximate surface area is 90.5 Å². The van der Waals surface area contributed by atoms with Gasteiger partial charge in [-0.15, -0.1) is 0 Å². The minimum atomic E-state index is -0.173. The first-order valence-electron chi connectivity index (χ1n) is 5.26. The van der Waals surface area contributed by atoms with E-state index >= 15 is 0 Å². The number of hydrogen-bond acceptors (Lipinski definition) is 2. The number of nitrogens with zero attached hydrogens (tertiary/aromatic N) is 1. The summed E-state index contributed by atoms with van der Waals surface area (Å²) in [6.07, 6.45) is 2.48. The summed E-state index contributed by atoms with van der Waals surface area (Å²) in [5.74, 6) is 0.635. The molecule has 0 radical (unpaired) electrons. The summed E-state index contributed by atoms with van der Waals surface area (Å²) >= 11 is 0. The quantitative estimate of drug-likeness (QED) is 0.753. The fourth-order valence-electron chi connectivity index (χ4n) is 2.03. The van der Waals surface area contributed by atoms with Crippen LogP contribution in [0.1, 0.15) is 30.9 Å². The molecule has 1 aliphatic carbocycles. The Hall–Kier alpha value is -1.33. The molecule has 0 saturated heterocycles. The van der Waals surface area contributed by atoms with Crippen LogP contribution in [0.5, 0.6) is 0 Å². The maximum absolute atomic E-state index is 8.73. The van der Waals surface area contributed by atoms with Crippen LogP contribution in [-0.4, -0.2) is 7.11 Å². The van der Waals surface area contributed by atoms with Crippen LogP contribution in [0.25, 0.3) is 0 Å². The van der Waals surface area contributed by atoms with Crippen LogP contribution in [0.15, 0.2) is 24.3 Å². The third kappa shape index (κ3) is 1.75. The predicted octanol–water partition coefficient (Wildman–Crippen LogP) is 2.83. The number of ether oxygens (including phenoxy) is 1. The molecule has 0 amide bonds. The molecule has 0 aromatic heterocycles. The molecular weight excluding hydrogens is 186 g/mol. The molecule has 1 unspecified atom stereocenters. The average Bonchev–Trinajstić information content (AvgIpc) is 3.12. The lowest BCUT2D eigenvalue weighted by Crippen LogP contribution is -2.26. The van der Waals surface area contributed by atoms with E-state index in [0.29, 0.717) is 11.5 Å². The van der Waals surface area contributed by atoms with E-state index < -0.39 is 0 Å². The minimum Gasteiger partial charge on any atom is -0.374 e. The van der Waals surface area contributed by atoms with E-state index in [1.165, 1.54) is 18.4 Å². The van der Waals surface area contributed by atoms with Crippen molar-refractivity contribution in [2.75, 3.05) is 7.11 Å². The zero-order valence-electron chi connectivity index (χ0n) is 9.16. The Bertz CT molecular complexity index is 386. The molecule has 1 saturated carbocycles. The lowest BCUT2D eigenvalue weighted by Gasteiger charge is -2.28. The zero-order chi connectivity index (χ0) is 10.9. The van der Waals surface area contributed by atoms with E-state index in [9.17, 15) is 0 Å². The van der Waals surface area contributed by atoms with Crippen LogP contribution >= 0.6 is 0 Å². The number of benzene rings is 1. The SMILES string of the molecule is COC(C)(c1ccc(C#N)cc1)C1CC1. The van der Waals surface area contributed by atoms with Gasteiger partial charge in [0.1, 0.15) is 0 Å². The van der Waals surface area contributed by atoms with Gasteiger partial charge in [0.2, 0.25) is 0 Å². The summed E-state index contributed by atoms with van der Waals surface area (Å²) in [5, 5.41) is 8.73. The molecule has 2 nitrogen and oxygen atoms in total. The third-order valence-electron chi connectivity index (χ3n) is 3.37. The summed E-state index contributed by atoms with van der Waals surface area (Å²) in [6, 6.07) is 9.84. The van der Waals surface area contributed by atoms with Crippen LogP contribution in [0.3, 0.4) is 0 Å². The summed E-state index contributed by atoms with van der Waals surface area (Å²) in [7, 11) is 1.76. The van der Waals surface area contributed by atoms with Crippen LogP contribution < -0.4 is 0 Å². The Kier molecular flexibility index (Phi) is 2.50. The Balaban J connectivity index is 2.31. The van der Waals surface area contributed by atoms with Gasteiger partial charge in [0.15, 0.2) is 0 Å². The van der Waals surface area contributed by atoms with Crippen molar-refractivity contribution >= 4 is 0 Å². The monoisotopic (exact) mass is 201 g/mol. The maximum Gasteiger partial charge on any atom is 0.0991 e. The maximum atomic E-state index is 8.73. The fraction of sp³-hybridized carbons (Fsp3) is 0.462. The van der Waals surface area contributed by atoms with E-state index in [4.69, 9.17) is 10.00 Å². The van der Waals surface area contributed by atoms with Gasteiger partial charge in [-0.2, -0.15) is 5.26 Å². The van der Waals surface area contributed by atoms with Gasteiger partial charge in [0.05, 0.1) is 17.2 Å². The van der Waals surface area contributed by atoms with Crippen molar-refractivity contribution in [2.45, 2.75) is 25.4 Å². The fourth-order valence-corrected chi connectivity index (χ4v) is 2.03. The Morgan fingerprint density at radius 3 is 2.33 bits per heavy atom. The van der Waals surface area contributed by atoms with E-state index in [-0.39, 0.29) is 5.60 Å². The molecule has 2 rings (SSSR count). The number of rotatable bonds is 3. The standard InChI is InChI=1S/C13H15NO/c1-13(15-2,12-7-8-12)11-5-3-10(9-14)4-6-11/h3-6,12H,7-8H2,1-2H3. The summed E-state index contributed by atoms with van der Waals surface area (Å²) < 4.78 is 5.64. The highest BCUT2D eigenvalue weighted by Crippen LogP contribution is 2.47. The number of hydrogen-bond donors (Lipinski definition) is 0. The first-order chi connectivity index (χ1) is 7.20. The van der Waals surface area contributed by atoms with Gasteiger partial charge in [-0.25, -0.2) is 0 Å². The molecular formula is C13H15NO. The highest BCUT2D eigenvalue weighted by atomic mass is 16.5. The normalized spacial score (nSPS) is 19.3. The van der Waals surface area contributed by atoms with E-state index in [2.05, 4.69) is 13.0 Å². The predicted molar refractivity (Wildman–Crippen MR) is 58.2 cm³/mol. The van der Waals surface area contributed by atoms with Crippen LogP contribution in [0.2, 0.25) is 0 Å². The second-order valence-electron chi connectivity index (χ2n) is 4.27. The van der Waals surface area contributed by atoms with Gasteiger partial charge in [-0.3, -0.25) is 0 Å². The second kappa shape index (κ2) is 3.67. The lowest BCUT2D eigenvalue weighted by molar-refractivity contribution is -0.0180. The molecule has 1 aliphatic rings. The van der Waals surface area contributed by atoms with E-state index in [0.717, 1.165) is 0 Å². The zero-order valence-corrected chi connectivity index (χ0v) is 9.16. The van der Waals surface area contributed by atoms with Crippen molar-refractivity contribution in [3.05, 3.63) is 35.4 Å². The van der Waals surface area contributed by atoms with Crippen molar-refractivity contribution in [1.29, 1.82) is 5.26 Å². The summed E-state index contributed by atoms with van der Waals surface area (Å²) in [4.78, 5) is 0. The van der Waals surface area contributed by atoms with Crippen LogP contribution in [-0.2, 0) is 10.3 Å². The molecule has 78 valence electrons. The van der Waals surface area contributed by atoms with Gasteiger partial charge in [-0.05, 0) is 43.4 Å². The van der Waals surface area contributed by atoms with Crippen LogP contribution in [0, 0.1) is 17.2 Å². The highest BCUT2D eigenvalue weighted by Gasteiger charge is 2.42. The smallest absolute Gasteiger partial charge is 0.0991 e. The van der Waals surface area contributed by atoms with Crippen molar-refractivity contribution in [2.24, 2.45) is 5.92 Å². The van der Waals surface area contributed by atoms with Crippen molar-refractivity contribution in [3.63, 3.8) is 0 Å². The van der Waals surface area contributed by atoms with Gasteiger partial charge < -0.3 is 4.74 Å². The largest absolute Gasteiger partial charge is 0.374 e. The van der Waals surface area contributed by atoms with Gasteiger partial charge in [0, 0.05) is 7.11 Å². The first kappa shape index (κ1) is 10.2. The van der Waals surface area contributed by atoms with E-state index in [1.54, 1.807) is 7.11 Å². The average molecular weight is 201 g/mol. The molecule has 0 bridgehead atoms. The molecule has 2 heteroatoms. The van der Waals surface area contributed by atoms with Gasteiger partial charge >= 0.3 is 0 Å². The van der Waals surface area contributed by atoms with Crippen molar-refractivity contribution in [1.82, 2.24) is 0 Å².